The first kappa shape index (κ1) is 16.2. The zero-order valence-electron chi connectivity index (χ0n) is 12.7. The quantitative estimate of drug-likeness (QED) is 0.809. The van der Waals surface area contributed by atoms with E-state index in [1.54, 1.807) is 36.4 Å². The summed E-state index contributed by atoms with van der Waals surface area (Å²) in [6, 6.07) is 10.4. The van der Waals surface area contributed by atoms with E-state index in [4.69, 9.17) is 22.1 Å². The van der Waals surface area contributed by atoms with Crippen LogP contribution in [-0.4, -0.2) is 12.5 Å². The van der Waals surface area contributed by atoms with E-state index in [0.717, 1.165) is 17.7 Å². The van der Waals surface area contributed by atoms with Crippen LogP contribution < -0.4 is 15.8 Å². The fourth-order valence-electron chi connectivity index (χ4n) is 2.04. The Hall–Kier alpha value is -2.20. The molecule has 0 heterocycles. The van der Waals surface area contributed by atoms with Gasteiger partial charge in [-0.2, -0.15) is 0 Å². The zero-order valence-corrected chi connectivity index (χ0v) is 13.4. The third-order valence-corrected chi connectivity index (χ3v) is 3.44. The lowest BCUT2D eigenvalue weighted by atomic mass is 10.1. The first-order valence-electron chi connectivity index (χ1n) is 7.11. The van der Waals surface area contributed by atoms with E-state index >= 15 is 0 Å². The van der Waals surface area contributed by atoms with Crippen molar-refractivity contribution in [3.8, 4) is 5.75 Å². The highest BCUT2D eigenvalue weighted by molar-refractivity contribution is 6.34. The highest BCUT2D eigenvalue weighted by atomic mass is 35.5. The third kappa shape index (κ3) is 3.92. The zero-order chi connectivity index (χ0) is 16.1. The van der Waals surface area contributed by atoms with Gasteiger partial charge < -0.3 is 15.8 Å². The van der Waals surface area contributed by atoms with Gasteiger partial charge in [-0.25, -0.2) is 0 Å². The molecule has 0 bridgehead atoms. The smallest absolute Gasteiger partial charge is 0.255 e. The van der Waals surface area contributed by atoms with E-state index in [2.05, 4.69) is 5.32 Å². The van der Waals surface area contributed by atoms with Gasteiger partial charge in [-0.1, -0.05) is 18.5 Å². The Bertz CT molecular complexity index is 646. The lowest BCUT2D eigenvalue weighted by Gasteiger charge is -2.12. The number of nitrogens with one attached hydrogen (secondary N) is 1. The van der Waals surface area contributed by atoms with E-state index in [1.165, 1.54) is 0 Å². The number of halogens is 1. The summed E-state index contributed by atoms with van der Waals surface area (Å²) >= 11 is 6.13. The lowest BCUT2D eigenvalue weighted by molar-refractivity contribution is 0.102. The van der Waals surface area contributed by atoms with Crippen LogP contribution in [0, 0.1) is 6.92 Å². The number of nitrogens with two attached hydrogens (primary N) is 1. The minimum atomic E-state index is -0.225. The standard InChI is InChI=1S/C17H19ClN2O2/c1-3-8-22-14-6-4-12(5-7-14)17(21)20-16-11(2)9-13(19)10-15(16)18/h4-7,9-10H,3,8,19H2,1-2H3,(H,20,21). The molecule has 0 unspecified atom stereocenters. The normalized spacial score (nSPS) is 10.3. The van der Waals surface area contributed by atoms with Gasteiger partial charge in [0.2, 0.25) is 0 Å². The lowest BCUT2D eigenvalue weighted by Crippen LogP contribution is -2.13. The molecule has 2 aromatic carbocycles. The predicted octanol–water partition coefficient (Wildman–Crippen LogP) is 4.27. The maximum absolute atomic E-state index is 12.3. The molecule has 5 heteroatoms. The molecule has 0 fully saturated rings. The van der Waals surface area contributed by atoms with Crippen LogP contribution >= 0.6 is 11.6 Å². The molecule has 0 spiro atoms. The second-order valence-electron chi connectivity index (χ2n) is 5.02. The maximum atomic E-state index is 12.3. The summed E-state index contributed by atoms with van der Waals surface area (Å²) in [7, 11) is 0. The molecule has 0 aromatic heterocycles. The van der Waals surface area contributed by atoms with Gasteiger partial charge >= 0.3 is 0 Å². The molecule has 22 heavy (non-hydrogen) atoms. The first-order valence-corrected chi connectivity index (χ1v) is 7.49. The van der Waals surface area contributed by atoms with Gasteiger partial charge in [0.05, 0.1) is 17.3 Å². The van der Waals surface area contributed by atoms with Gasteiger partial charge in [-0.05, 0) is 55.3 Å². The molecule has 0 saturated carbocycles. The average Bonchev–Trinajstić information content (AvgIpc) is 2.49. The fourth-order valence-corrected chi connectivity index (χ4v) is 2.36. The van der Waals surface area contributed by atoms with Gasteiger partial charge in [-0.3, -0.25) is 4.79 Å². The summed E-state index contributed by atoms with van der Waals surface area (Å²) in [4.78, 5) is 12.3. The number of carbonyl (C=O) groups is 1. The number of benzene rings is 2. The summed E-state index contributed by atoms with van der Waals surface area (Å²) in [5, 5.41) is 3.24. The van der Waals surface area contributed by atoms with Crippen molar-refractivity contribution in [1.82, 2.24) is 0 Å². The molecule has 0 aliphatic heterocycles. The minimum absolute atomic E-state index is 0.225. The van der Waals surface area contributed by atoms with Crippen molar-refractivity contribution in [3.63, 3.8) is 0 Å². The van der Waals surface area contributed by atoms with Crippen molar-refractivity contribution in [2.45, 2.75) is 20.3 Å². The van der Waals surface area contributed by atoms with Crippen molar-refractivity contribution < 1.29 is 9.53 Å². The van der Waals surface area contributed by atoms with Crippen molar-refractivity contribution in [1.29, 1.82) is 0 Å². The molecule has 2 rings (SSSR count). The maximum Gasteiger partial charge on any atom is 0.255 e. The van der Waals surface area contributed by atoms with Crippen LogP contribution in [0.4, 0.5) is 11.4 Å². The SMILES string of the molecule is CCCOc1ccc(C(=O)Nc2c(C)cc(N)cc2Cl)cc1. The number of nitrogen functional groups attached to an aromatic ring is 1. The molecule has 0 aliphatic rings. The largest absolute Gasteiger partial charge is 0.494 e. The molecule has 0 saturated heterocycles. The Kier molecular flexibility index (Phi) is 5.28. The highest BCUT2D eigenvalue weighted by Gasteiger charge is 2.11. The van der Waals surface area contributed by atoms with Crippen LogP contribution in [0.3, 0.4) is 0 Å². The van der Waals surface area contributed by atoms with E-state index in [-0.39, 0.29) is 5.91 Å². The molecule has 1 amide bonds. The Morgan fingerprint density at radius 1 is 1.27 bits per heavy atom. The van der Waals surface area contributed by atoms with Gasteiger partial charge in [0, 0.05) is 11.3 Å². The van der Waals surface area contributed by atoms with Crippen LogP contribution in [0.5, 0.6) is 5.75 Å². The van der Waals surface area contributed by atoms with Crippen LogP contribution in [-0.2, 0) is 0 Å². The highest BCUT2D eigenvalue weighted by Crippen LogP contribution is 2.29. The summed E-state index contributed by atoms with van der Waals surface area (Å²) in [6.45, 7) is 4.55. The van der Waals surface area contributed by atoms with Gasteiger partial charge in [0.15, 0.2) is 0 Å². The van der Waals surface area contributed by atoms with Crippen molar-refractivity contribution in [2.24, 2.45) is 0 Å². The van der Waals surface area contributed by atoms with Crippen LogP contribution in [0.25, 0.3) is 0 Å². The Morgan fingerprint density at radius 3 is 2.55 bits per heavy atom. The summed E-state index contributed by atoms with van der Waals surface area (Å²) in [5.74, 6) is 0.525. The number of aryl methyl sites for hydroxylation is 1. The second-order valence-corrected chi connectivity index (χ2v) is 5.43. The van der Waals surface area contributed by atoms with Gasteiger partial charge in [-0.15, -0.1) is 0 Å². The number of amides is 1. The number of hydrogen-bond acceptors (Lipinski definition) is 3. The van der Waals surface area contributed by atoms with Crippen LogP contribution in [0.1, 0.15) is 29.3 Å². The number of carbonyl (C=O) groups excluding carboxylic acids is 1. The summed E-state index contributed by atoms with van der Waals surface area (Å²) < 4.78 is 5.49. The molecule has 116 valence electrons. The van der Waals surface area contributed by atoms with Crippen molar-refractivity contribution in [3.05, 3.63) is 52.5 Å². The summed E-state index contributed by atoms with van der Waals surface area (Å²) in [6.07, 6.45) is 0.942. The molecule has 0 aliphatic carbocycles. The minimum Gasteiger partial charge on any atom is -0.494 e. The van der Waals surface area contributed by atoms with E-state index in [9.17, 15) is 4.79 Å². The van der Waals surface area contributed by atoms with E-state index < -0.39 is 0 Å². The Balaban J connectivity index is 2.12. The van der Waals surface area contributed by atoms with E-state index in [1.807, 2.05) is 13.8 Å². The van der Waals surface area contributed by atoms with E-state index in [0.29, 0.717) is 28.6 Å². The molecule has 4 nitrogen and oxygen atoms in total. The van der Waals surface area contributed by atoms with Crippen molar-refractivity contribution >= 4 is 28.9 Å². The topological polar surface area (TPSA) is 64.3 Å². The van der Waals surface area contributed by atoms with Crippen LogP contribution in [0.2, 0.25) is 5.02 Å². The predicted molar refractivity (Wildman–Crippen MR) is 90.8 cm³/mol. The number of anilines is 2. The monoisotopic (exact) mass is 318 g/mol. The van der Waals surface area contributed by atoms with Crippen molar-refractivity contribution in [2.75, 3.05) is 17.7 Å². The van der Waals surface area contributed by atoms with Gasteiger partial charge in [0.1, 0.15) is 5.75 Å². The molecule has 3 N–H and O–H groups in total. The fraction of sp³-hybridized carbons (Fsp3) is 0.235. The molecule has 2 aromatic rings. The Labute approximate surface area is 135 Å². The van der Waals surface area contributed by atoms with Crippen LogP contribution in [0.15, 0.2) is 36.4 Å². The molecular weight excluding hydrogens is 300 g/mol. The second kappa shape index (κ2) is 7.18. The molecular formula is C17H19ClN2O2. The number of hydrogen-bond donors (Lipinski definition) is 2. The van der Waals surface area contributed by atoms with Gasteiger partial charge in [0.25, 0.3) is 5.91 Å². The molecule has 0 atom stereocenters. The first-order chi connectivity index (χ1) is 10.5. The third-order valence-electron chi connectivity index (χ3n) is 3.14. The Morgan fingerprint density at radius 2 is 1.95 bits per heavy atom. The number of rotatable bonds is 5. The number of ether oxygens (including phenoxy) is 1. The average molecular weight is 319 g/mol. The summed E-state index contributed by atoms with van der Waals surface area (Å²) in [5.41, 5.74) is 8.22. The molecule has 0 radical (unpaired) electrons.